The number of hydrogen-bond acceptors (Lipinski definition) is 11. The van der Waals surface area contributed by atoms with E-state index in [0.717, 1.165) is 82.7 Å². The Morgan fingerprint density at radius 2 is 1.45 bits per heavy atom. The first-order valence-electron chi connectivity index (χ1n) is 15.8. The van der Waals surface area contributed by atoms with Crippen molar-refractivity contribution in [1.29, 1.82) is 0 Å². The standard InChI is InChI=1S/C36H38N8O3/c1-45-30-10-6-25(7-11-30)23-43(24-26-8-12-31(46-2)13-9-26)35-38-21-27(22-39-35)33-32-14-15-44(29-5-3-4-28(37)20-29)34(32)41-36(40-33)42-16-18-47-19-17-42/h3-13,20-22H,14-19,23-24,37H2,1-2H3. The molecule has 0 aliphatic carbocycles. The summed E-state index contributed by atoms with van der Waals surface area (Å²) in [6.07, 6.45) is 4.56. The van der Waals surface area contributed by atoms with E-state index in [2.05, 4.69) is 45.0 Å². The first kappa shape index (κ1) is 30.2. The average Bonchev–Trinajstić information content (AvgIpc) is 3.56. The second-order valence-electron chi connectivity index (χ2n) is 11.6. The van der Waals surface area contributed by atoms with Gasteiger partial charge in [0.15, 0.2) is 0 Å². The topological polar surface area (TPSA) is 115 Å². The van der Waals surface area contributed by atoms with Crippen LogP contribution in [0.5, 0.6) is 11.5 Å². The van der Waals surface area contributed by atoms with Crippen LogP contribution in [-0.4, -0.2) is 67.0 Å². The fourth-order valence-electron chi connectivity index (χ4n) is 6.04. The van der Waals surface area contributed by atoms with Crippen LogP contribution in [0.3, 0.4) is 0 Å². The van der Waals surface area contributed by atoms with Crippen molar-refractivity contribution in [2.45, 2.75) is 19.5 Å². The van der Waals surface area contributed by atoms with E-state index < -0.39 is 0 Å². The van der Waals surface area contributed by atoms with Gasteiger partial charge in [-0.15, -0.1) is 0 Å². The fraction of sp³-hybridized carbons (Fsp3) is 0.278. The second-order valence-corrected chi connectivity index (χ2v) is 11.6. The molecular weight excluding hydrogens is 592 g/mol. The van der Waals surface area contributed by atoms with E-state index in [1.807, 2.05) is 54.9 Å². The highest BCUT2D eigenvalue weighted by Gasteiger charge is 2.29. The number of methoxy groups -OCH3 is 2. The van der Waals surface area contributed by atoms with Gasteiger partial charge in [0, 0.05) is 67.6 Å². The summed E-state index contributed by atoms with van der Waals surface area (Å²) < 4.78 is 16.4. The van der Waals surface area contributed by atoms with E-state index in [1.165, 1.54) is 0 Å². The summed E-state index contributed by atoms with van der Waals surface area (Å²) >= 11 is 0. The maximum Gasteiger partial charge on any atom is 0.228 e. The zero-order chi connectivity index (χ0) is 32.2. The number of benzene rings is 3. The highest BCUT2D eigenvalue weighted by molar-refractivity contribution is 5.77. The first-order chi connectivity index (χ1) is 23.1. The molecule has 4 heterocycles. The van der Waals surface area contributed by atoms with Crippen molar-refractivity contribution in [2.75, 3.05) is 67.5 Å². The lowest BCUT2D eigenvalue weighted by Crippen LogP contribution is -2.37. The van der Waals surface area contributed by atoms with Crippen LogP contribution in [0.1, 0.15) is 16.7 Å². The second kappa shape index (κ2) is 13.5. The molecule has 5 aromatic rings. The van der Waals surface area contributed by atoms with Gasteiger partial charge in [0.1, 0.15) is 17.3 Å². The van der Waals surface area contributed by atoms with Crippen molar-refractivity contribution in [3.8, 4) is 22.8 Å². The Labute approximate surface area is 274 Å². The normalized spacial score (nSPS) is 14.2. The fourth-order valence-corrected chi connectivity index (χ4v) is 6.04. The molecule has 0 unspecified atom stereocenters. The van der Waals surface area contributed by atoms with Crippen LogP contribution >= 0.6 is 0 Å². The van der Waals surface area contributed by atoms with Crippen LogP contribution in [0, 0.1) is 0 Å². The smallest absolute Gasteiger partial charge is 0.228 e. The lowest BCUT2D eigenvalue weighted by Gasteiger charge is -2.28. The Bertz CT molecular complexity index is 1760. The summed E-state index contributed by atoms with van der Waals surface area (Å²) in [6, 6.07) is 24.1. The minimum Gasteiger partial charge on any atom is -0.497 e. The van der Waals surface area contributed by atoms with Gasteiger partial charge in [0.05, 0.1) is 33.1 Å². The van der Waals surface area contributed by atoms with E-state index in [1.54, 1.807) is 14.2 Å². The third-order valence-corrected chi connectivity index (χ3v) is 8.55. The Kier molecular flexibility index (Phi) is 8.70. The van der Waals surface area contributed by atoms with Crippen LogP contribution in [0.25, 0.3) is 11.3 Å². The molecule has 0 amide bonds. The van der Waals surface area contributed by atoms with Crippen molar-refractivity contribution in [3.63, 3.8) is 0 Å². The number of rotatable bonds is 10. The maximum atomic E-state index is 6.16. The van der Waals surface area contributed by atoms with Gasteiger partial charge in [-0.1, -0.05) is 30.3 Å². The molecule has 240 valence electrons. The minimum atomic E-state index is 0.620. The molecule has 0 saturated carbocycles. The lowest BCUT2D eigenvalue weighted by molar-refractivity contribution is 0.122. The quantitative estimate of drug-likeness (QED) is 0.204. The van der Waals surface area contributed by atoms with Gasteiger partial charge in [-0.3, -0.25) is 0 Å². The van der Waals surface area contributed by atoms with Crippen LogP contribution in [-0.2, 0) is 24.2 Å². The third kappa shape index (κ3) is 6.61. The van der Waals surface area contributed by atoms with Gasteiger partial charge < -0.3 is 34.6 Å². The molecule has 3 aromatic carbocycles. The molecule has 0 bridgehead atoms. The summed E-state index contributed by atoms with van der Waals surface area (Å²) in [5.74, 6) is 3.84. The number of fused-ring (bicyclic) bond motifs is 1. The molecule has 2 aliphatic rings. The highest BCUT2D eigenvalue weighted by atomic mass is 16.5. The van der Waals surface area contributed by atoms with Gasteiger partial charge in [0.2, 0.25) is 11.9 Å². The van der Waals surface area contributed by atoms with Crippen LogP contribution in [0.2, 0.25) is 0 Å². The van der Waals surface area contributed by atoms with E-state index >= 15 is 0 Å². The summed E-state index contributed by atoms with van der Waals surface area (Å²) in [4.78, 5) is 26.6. The monoisotopic (exact) mass is 630 g/mol. The number of hydrogen-bond donors (Lipinski definition) is 1. The van der Waals surface area contributed by atoms with E-state index in [9.17, 15) is 0 Å². The molecule has 0 radical (unpaired) electrons. The summed E-state index contributed by atoms with van der Waals surface area (Å²) in [7, 11) is 3.35. The van der Waals surface area contributed by atoms with Crippen LogP contribution < -0.4 is 29.9 Å². The highest BCUT2D eigenvalue weighted by Crippen LogP contribution is 2.39. The number of nitrogen functional groups attached to an aromatic ring is 1. The van der Waals surface area contributed by atoms with Gasteiger partial charge >= 0.3 is 0 Å². The van der Waals surface area contributed by atoms with Crippen molar-refractivity contribution in [1.82, 2.24) is 19.9 Å². The number of anilines is 5. The molecule has 11 nitrogen and oxygen atoms in total. The third-order valence-electron chi connectivity index (χ3n) is 8.55. The van der Waals surface area contributed by atoms with Gasteiger partial charge in [-0.05, 0) is 60.0 Å². The van der Waals surface area contributed by atoms with Crippen LogP contribution in [0.15, 0.2) is 85.2 Å². The molecule has 0 atom stereocenters. The molecule has 1 fully saturated rings. The van der Waals surface area contributed by atoms with E-state index in [0.29, 0.717) is 38.2 Å². The first-order valence-corrected chi connectivity index (χ1v) is 15.8. The van der Waals surface area contributed by atoms with Gasteiger partial charge in [0.25, 0.3) is 0 Å². The Hall–Kier alpha value is -5.42. The minimum absolute atomic E-state index is 0.620. The Balaban J connectivity index is 1.23. The summed E-state index contributed by atoms with van der Waals surface area (Å²) in [5, 5.41) is 0. The number of nitrogens with zero attached hydrogens (tertiary/aromatic N) is 7. The van der Waals surface area contributed by atoms with Gasteiger partial charge in [-0.2, -0.15) is 4.98 Å². The average molecular weight is 631 g/mol. The summed E-state index contributed by atoms with van der Waals surface area (Å²) in [5.41, 5.74) is 12.9. The molecule has 2 aliphatic heterocycles. The van der Waals surface area contributed by atoms with Crippen LogP contribution in [0.4, 0.5) is 29.1 Å². The van der Waals surface area contributed by atoms with Crippen molar-refractivity contribution < 1.29 is 14.2 Å². The zero-order valence-electron chi connectivity index (χ0n) is 26.7. The molecule has 2 N–H and O–H groups in total. The summed E-state index contributed by atoms with van der Waals surface area (Å²) in [6.45, 7) is 4.78. The van der Waals surface area contributed by atoms with Crippen molar-refractivity contribution >= 4 is 29.1 Å². The molecule has 47 heavy (non-hydrogen) atoms. The SMILES string of the molecule is COc1ccc(CN(Cc2ccc(OC)cc2)c2ncc(-c3nc(N4CCOCC4)nc4c3CCN4c3cccc(N)c3)cn2)cc1. The van der Waals surface area contributed by atoms with Crippen molar-refractivity contribution in [2.24, 2.45) is 0 Å². The van der Waals surface area contributed by atoms with Crippen molar-refractivity contribution in [3.05, 3.63) is 102 Å². The van der Waals surface area contributed by atoms with Gasteiger partial charge in [-0.25, -0.2) is 15.0 Å². The maximum absolute atomic E-state index is 6.16. The number of nitrogens with two attached hydrogens (primary N) is 1. The largest absolute Gasteiger partial charge is 0.497 e. The molecule has 1 saturated heterocycles. The Morgan fingerprint density at radius 3 is 2.04 bits per heavy atom. The predicted octanol–water partition coefficient (Wildman–Crippen LogP) is 5.27. The molecular formula is C36H38N8O3. The number of ether oxygens (including phenoxy) is 3. The number of morpholine rings is 1. The molecule has 2 aromatic heterocycles. The zero-order valence-corrected chi connectivity index (χ0v) is 26.7. The Morgan fingerprint density at radius 1 is 0.809 bits per heavy atom. The number of aromatic nitrogens is 4. The van der Waals surface area contributed by atoms with E-state index in [4.69, 9.17) is 39.9 Å². The van der Waals surface area contributed by atoms with E-state index in [-0.39, 0.29) is 0 Å². The molecule has 0 spiro atoms. The lowest BCUT2D eigenvalue weighted by atomic mass is 10.1. The molecule has 11 heteroatoms. The predicted molar refractivity (Wildman–Crippen MR) is 184 cm³/mol. The molecule has 7 rings (SSSR count).